The fourth-order valence-corrected chi connectivity index (χ4v) is 2.32. The van der Waals surface area contributed by atoms with Crippen molar-refractivity contribution in [2.75, 3.05) is 5.73 Å². The molecule has 0 amide bonds. The third-order valence-corrected chi connectivity index (χ3v) is 3.18. The molecule has 2 heteroatoms. The Kier molecular flexibility index (Phi) is 2.49. The van der Waals surface area contributed by atoms with E-state index in [0.717, 1.165) is 11.1 Å². The zero-order chi connectivity index (χ0) is 12.5. The summed E-state index contributed by atoms with van der Waals surface area (Å²) in [5, 5.41) is 2.29. The van der Waals surface area contributed by atoms with E-state index < -0.39 is 0 Å². The minimum absolute atomic E-state index is 0.820. The first-order chi connectivity index (χ1) is 8.75. The third kappa shape index (κ3) is 1.72. The van der Waals surface area contributed by atoms with Crippen molar-refractivity contribution in [2.24, 2.45) is 7.05 Å². The Labute approximate surface area is 106 Å². The summed E-state index contributed by atoms with van der Waals surface area (Å²) in [7, 11) is 2.03. The molecule has 0 bridgehead atoms. The van der Waals surface area contributed by atoms with E-state index in [9.17, 15) is 0 Å². The molecule has 1 aromatic heterocycles. The summed E-state index contributed by atoms with van der Waals surface area (Å²) in [5.41, 5.74) is 9.30. The van der Waals surface area contributed by atoms with Crippen LogP contribution in [0.4, 0.5) is 5.69 Å². The number of nitrogens with two attached hydrogens (primary N) is 1. The van der Waals surface area contributed by atoms with Gasteiger partial charge in [0.25, 0.3) is 0 Å². The van der Waals surface area contributed by atoms with Gasteiger partial charge in [-0.2, -0.15) is 0 Å². The zero-order valence-electron chi connectivity index (χ0n) is 10.3. The van der Waals surface area contributed by atoms with Crippen LogP contribution >= 0.6 is 0 Å². The Bertz CT molecular complexity index is 703. The Morgan fingerprint density at radius 1 is 0.833 bits per heavy atom. The number of fused-ring (bicyclic) bond motifs is 1. The predicted octanol–water partition coefficient (Wildman–Crippen LogP) is 2.91. The Hall–Kier alpha value is -2.35. The molecule has 0 aliphatic rings. The van der Waals surface area contributed by atoms with Crippen molar-refractivity contribution in [3.63, 3.8) is 0 Å². The first-order valence-electron chi connectivity index (χ1n) is 5.98. The van der Waals surface area contributed by atoms with Gasteiger partial charge < -0.3 is 5.73 Å². The van der Waals surface area contributed by atoms with Gasteiger partial charge in [0.15, 0.2) is 12.4 Å². The highest BCUT2D eigenvalue weighted by Crippen LogP contribution is 2.29. The number of hydrogen-bond acceptors (Lipinski definition) is 1. The van der Waals surface area contributed by atoms with E-state index in [0.29, 0.717) is 0 Å². The van der Waals surface area contributed by atoms with Crippen LogP contribution < -0.4 is 10.3 Å². The van der Waals surface area contributed by atoms with Crippen molar-refractivity contribution in [1.29, 1.82) is 0 Å². The highest BCUT2D eigenvalue weighted by molar-refractivity contribution is 6.00. The molecule has 0 aliphatic heterocycles. The number of rotatable bonds is 1. The molecular formula is C16H15N2+. The monoisotopic (exact) mass is 235 g/mol. The number of nitrogens with zero attached hydrogens (tertiary/aromatic N) is 1. The summed E-state index contributed by atoms with van der Waals surface area (Å²) in [6, 6.07) is 16.5. The van der Waals surface area contributed by atoms with E-state index in [1.807, 2.05) is 25.2 Å². The molecule has 2 aromatic carbocycles. The summed E-state index contributed by atoms with van der Waals surface area (Å²) in [6.07, 6.45) is 4.20. The van der Waals surface area contributed by atoms with Gasteiger partial charge in [-0.15, -0.1) is 0 Å². The summed E-state index contributed by atoms with van der Waals surface area (Å²) in [5.74, 6) is 0. The standard InChI is InChI=1S/C16H14N2/c1-18-10-14(12-6-3-2-4-7-12)13-8-5-9-16(17)15(13)11-18/h2-11,17H,1H3/p+1. The van der Waals surface area contributed by atoms with Crippen LogP contribution in [0.2, 0.25) is 0 Å². The molecule has 18 heavy (non-hydrogen) atoms. The molecule has 88 valence electrons. The first kappa shape index (κ1) is 10.8. The Morgan fingerprint density at radius 3 is 2.39 bits per heavy atom. The highest BCUT2D eigenvalue weighted by atomic mass is 14.9. The quantitative estimate of drug-likeness (QED) is 0.510. The lowest BCUT2D eigenvalue weighted by Gasteiger charge is -2.06. The minimum Gasteiger partial charge on any atom is -0.398 e. The van der Waals surface area contributed by atoms with Gasteiger partial charge in [0.05, 0.1) is 10.9 Å². The second-order valence-corrected chi connectivity index (χ2v) is 4.51. The van der Waals surface area contributed by atoms with E-state index in [1.165, 1.54) is 16.5 Å². The second kappa shape index (κ2) is 4.15. The number of aromatic nitrogens is 1. The van der Waals surface area contributed by atoms with Gasteiger partial charge >= 0.3 is 0 Å². The molecule has 3 rings (SSSR count). The van der Waals surface area contributed by atoms with Crippen LogP contribution in [0.15, 0.2) is 60.9 Å². The van der Waals surface area contributed by atoms with Crippen LogP contribution in [0.3, 0.4) is 0 Å². The number of hydrogen-bond donors (Lipinski definition) is 1. The number of pyridine rings is 1. The number of aryl methyl sites for hydroxylation is 1. The molecule has 0 spiro atoms. The normalized spacial score (nSPS) is 10.7. The van der Waals surface area contributed by atoms with E-state index in [1.54, 1.807) is 0 Å². The van der Waals surface area contributed by atoms with Crippen molar-refractivity contribution >= 4 is 16.5 Å². The average Bonchev–Trinajstić information content (AvgIpc) is 2.40. The summed E-state index contributed by atoms with van der Waals surface area (Å²) in [6.45, 7) is 0. The lowest BCUT2D eigenvalue weighted by atomic mass is 10.0. The van der Waals surface area contributed by atoms with Crippen LogP contribution in [0.1, 0.15) is 0 Å². The number of nitrogen functional groups attached to an aromatic ring is 1. The molecule has 3 aromatic rings. The molecule has 0 saturated carbocycles. The fourth-order valence-electron chi connectivity index (χ4n) is 2.32. The van der Waals surface area contributed by atoms with E-state index in [-0.39, 0.29) is 0 Å². The molecule has 2 N–H and O–H groups in total. The maximum Gasteiger partial charge on any atom is 0.178 e. The van der Waals surface area contributed by atoms with E-state index in [4.69, 9.17) is 5.73 Å². The molecule has 0 unspecified atom stereocenters. The van der Waals surface area contributed by atoms with Crippen molar-refractivity contribution in [3.8, 4) is 11.1 Å². The third-order valence-electron chi connectivity index (χ3n) is 3.18. The molecule has 0 saturated heterocycles. The van der Waals surface area contributed by atoms with Gasteiger partial charge in [0.2, 0.25) is 0 Å². The van der Waals surface area contributed by atoms with Gasteiger partial charge in [0, 0.05) is 11.1 Å². The Morgan fingerprint density at radius 2 is 1.61 bits per heavy atom. The van der Waals surface area contributed by atoms with Crippen LogP contribution in [-0.2, 0) is 7.05 Å². The molecule has 0 aliphatic carbocycles. The average molecular weight is 235 g/mol. The van der Waals surface area contributed by atoms with Crippen molar-refractivity contribution in [2.45, 2.75) is 0 Å². The summed E-state index contributed by atoms with van der Waals surface area (Å²) < 4.78 is 2.06. The van der Waals surface area contributed by atoms with E-state index >= 15 is 0 Å². The lowest BCUT2D eigenvalue weighted by Crippen LogP contribution is -2.27. The SMILES string of the molecule is C[n+]1cc(-c2ccccc2)c2cccc(N)c2c1. The lowest BCUT2D eigenvalue weighted by molar-refractivity contribution is -0.669. The molecule has 1 heterocycles. The topological polar surface area (TPSA) is 29.9 Å². The summed E-state index contributed by atoms with van der Waals surface area (Å²) in [4.78, 5) is 0. The van der Waals surface area contributed by atoms with Crippen molar-refractivity contribution in [3.05, 3.63) is 60.9 Å². The van der Waals surface area contributed by atoms with Gasteiger partial charge in [-0.25, -0.2) is 4.57 Å². The first-order valence-corrected chi connectivity index (χ1v) is 5.98. The molecule has 0 fully saturated rings. The van der Waals surface area contributed by atoms with Gasteiger partial charge in [-0.1, -0.05) is 42.5 Å². The Balaban J connectivity index is 2.39. The van der Waals surface area contributed by atoms with Gasteiger partial charge in [-0.05, 0) is 11.6 Å². The maximum atomic E-state index is 6.06. The molecule has 0 radical (unpaired) electrons. The fraction of sp³-hybridized carbons (Fsp3) is 0.0625. The number of benzene rings is 2. The van der Waals surface area contributed by atoms with Crippen LogP contribution in [0.5, 0.6) is 0 Å². The van der Waals surface area contributed by atoms with Gasteiger partial charge in [0.1, 0.15) is 7.05 Å². The van der Waals surface area contributed by atoms with E-state index in [2.05, 4.69) is 47.3 Å². The van der Waals surface area contributed by atoms with Crippen LogP contribution in [-0.4, -0.2) is 0 Å². The minimum atomic E-state index is 0.820. The molecule has 0 atom stereocenters. The smallest absolute Gasteiger partial charge is 0.178 e. The molecule has 2 nitrogen and oxygen atoms in total. The maximum absolute atomic E-state index is 6.06. The van der Waals surface area contributed by atoms with Gasteiger partial charge in [-0.3, -0.25) is 0 Å². The van der Waals surface area contributed by atoms with Crippen molar-refractivity contribution in [1.82, 2.24) is 0 Å². The second-order valence-electron chi connectivity index (χ2n) is 4.51. The molecular weight excluding hydrogens is 220 g/mol. The predicted molar refractivity (Wildman–Crippen MR) is 75.0 cm³/mol. The number of anilines is 1. The largest absolute Gasteiger partial charge is 0.398 e. The van der Waals surface area contributed by atoms with Crippen LogP contribution in [0.25, 0.3) is 21.9 Å². The summed E-state index contributed by atoms with van der Waals surface area (Å²) >= 11 is 0. The van der Waals surface area contributed by atoms with Crippen molar-refractivity contribution < 1.29 is 4.57 Å². The zero-order valence-corrected chi connectivity index (χ0v) is 10.3. The highest BCUT2D eigenvalue weighted by Gasteiger charge is 2.10. The van der Waals surface area contributed by atoms with Crippen LogP contribution in [0, 0.1) is 0 Å².